The highest BCUT2D eigenvalue weighted by Crippen LogP contribution is 2.29. The molecule has 0 amide bonds. The molecule has 0 radical (unpaired) electrons. The molecule has 3 aliphatic rings. The fourth-order valence-corrected chi connectivity index (χ4v) is 4.20. The van der Waals surface area contributed by atoms with Crippen molar-refractivity contribution in [2.75, 3.05) is 45.9 Å². The Morgan fingerprint density at radius 3 is 2.55 bits per heavy atom. The maximum Gasteiger partial charge on any atom is 0.0834 e. The minimum Gasteiger partial charge on any atom is -0.390 e. The molecule has 0 aromatic rings. The standard InChI is InChI=1S/C16H30N2O2/c19-16-13-17(7-3-6-14-4-1-2-5-14)12-15(16)18-8-10-20-11-9-18/h14-16,19H,1-13H2/t15-,16-/m0/s1. The van der Waals surface area contributed by atoms with E-state index in [2.05, 4.69) is 9.80 Å². The second kappa shape index (κ2) is 7.21. The molecule has 2 heterocycles. The van der Waals surface area contributed by atoms with Gasteiger partial charge in [-0.15, -0.1) is 0 Å². The lowest BCUT2D eigenvalue weighted by Crippen LogP contribution is -2.48. The van der Waals surface area contributed by atoms with E-state index in [-0.39, 0.29) is 6.10 Å². The lowest BCUT2D eigenvalue weighted by molar-refractivity contribution is -0.00616. The van der Waals surface area contributed by atoms with Gasteiger partial charge in [0, 0.05) is 32.2 Å². The summed E-state index contributed by atoms with van der Waals surface area (Å²) in [7, 11) is 0. The van der Waals surface area contributed by atoms with E-state index in [4.69, 9.17) is 4.74 Å². The molecule has 3 rings (SSSR count). The van der Waals surface area contributed by atoms with Crippen molar-refractivity contribution in [3.63, 3.8) is 0 Å². The van der Waals surface area contributed by atoms with Gasteiger partial charge in [-0.3, -0.25) is 9.80 Å². The number of hydrogen-bond donors (Lipinski definition) is 1. The van der Waals surface area contributed by atoms with Crippen LogP contribution in [0.5, 0.6) is 0 Å². The Morgan fingerprint density at radius 1 is 1.05 bits per heavy atom. The molecule has 0 spiro atoms. The number of likely N-dealkylation sites (tertiary alicyclic amines) is 1. The first kappa shape index (κ1) is 14.8. The molecule has 0 aromatic heterocycles. The Bertz CT molecular complexity index is 288. The minimum atomic E-state index is -0.167. The molecule has 0 bridgehead atoms. The first-order valence-electron chi connectivity index (χ1n) is 8.55. The van der Waals surface area contributed by atoms with Gasteiger partial charge in [-0.25, -0.2) is 0 Å². The van der Waals surface area contributed by atoms with E-state index >= 15 is 0 Å². The zero-order valence-electron chi connectivity index (χ0n) is 12.7. The van der Waals surface area contributed by atoms with Gasteiger partial charge in [-0.05, 0) is 25.3 Å². The third-order valence-electron chi connectivity index (χ3n) is 5.41. The van der Waals surface area contributed by atoms with Crippen LogP contribution in [0.1, 0.15) is 38.5 Å². The van der Waals surface area contributed by atoms with Gasteiger partial charge in [0.25, 0.3) is 0 Å². The summed E-state index contributed by atoms with van der Waals surface area (Å²) in [5, 5.41) is 10.3. The maximum atomic E-state index is 10.3. The van der Waals surface area contributed by atoms with E-state index in [9.17, 15) is 5.11 Å². The van der Waals surface area contributed by atoms with E-state index in [0.717, 1.165) is 45.3 Å². The fraction of sp³-hybridized carbons (Fsp3) is 1.00. The Labute approximate surface area is 123 Å². The molecule has 2 aliphatic heterocycles. The summed E-state index contributed by atoms with van der Waals surface area (Å²) in [6.45, 7) is 6.71. The van der Waals surface area contributed by atoms with Gasteiger partial charge in [0.1, 0.15) is 0 Å². The topological polar surface area (TPSA) is 35.9 Å². The van der Waals surface area contributed by atoms with Crippen molar-refractivity contribution in [2.24, 2.45) is 5.92 Å². The minimum absolute atomic E-state index is 0.167. The lowest BCUT2D eigenvalue weighted by atomic mass is 10.0. The molecule has 2 saturated heterocycles. The summed E-state index contributed by atoms with van der Waals surface area (Å²) < 4.78 is 5.41. The molecule has 1 aliphatic carbocycles. The van der Waals surface area contributed by atoms with Gasteiger partial charge >= 0.3 is 0 Å². The van der Waals surface area contributed by atoms with E-state index in [0.29, 0.717) is 6.04 Å². The van der Waals surface area contributed by atoms with Gasteiger partial charge in [0.15, 0.2) is 0 Å². The monoisotopic (exact) mass is 282 g/mol. The zero-order chi connectivity index (χ0) is 13.8. The molecular formula is C16H30N2O2. The van der Waals surface area contributed by atoms with Crippen LogP contribution in [0.2, 0.25) is 0 Å². The van der Waals surface area contributed by atoms with Gasteiger partial charge in [-0.1, -0.05) is 25.7 Å². The normalized spacial score (nSPS) is 34.0. The smallest absolute Gasteiger partial charge is 0.0834 e. The van der Waals surface area contributed by atoms with Crippen molar-refractivity contribution in [2.45, 2.75) is 50.7 Å². The van der Waals surface area contributed by atoms with Gasteiger partial charge < -0.3 is 9.84 Å². The average Bonchev–Trinajstić information content (AvgIpc) is 3.10. The number of aliphatic hydroxyl groups excluding tert-OH is 1. The number of β-amino-alcohol motifs (C(OH)–C–C–N with tert-alkyl or cyclic N) is 1. The largest absolute Gasteiger partial charge is 0.390 e. The Balaban J connectivity index is 1.38. The van der Waals surface area contributed by atoms with Crippen LogP contribution in [0.3, 0.4) is 0 Å². The van der Waals surface area contributed by atoms with Crippen molar-refractivity contribution in [1.29, 1.82) is 0 Å². The van der Waals surface area contributed by atoms with Crippen LogP contribution in [0.4, 0.5) is 0 Å². The summed E-state index contributed by atoms with van der Waals surface area (Å²) in [6.07, 6.45) is 8.36. The van der Waals surface area contributed by atoms with Crippen LogP contribution in [0.25, 0.3) is 0 Å². The van der Waals surface area contributed by atoms with Crippen LogP contribution < -0.4 is 0 Å². The molecule has 0 aromatic carbocycles. The van der Waals surface area contributed by atoms with Crippen LogP contribution in [0.15, 0.2) is 0 Å². The van der Waals surface area contributed by atoms with Crippen LogP contribution in [-0.2, 0) is 4.74 Å². The summed E-state index contributed by atoms with van der Waals surface area (Å²) in [5.41, 5.74) is 0. The first-order valence-corrected chi connectivity index (χ1v) is 8.55. The van der Waals surface area contributed by atoms with Crippen molar-refractivity contribution >= 4 is 0 Å². The number of ether oxygens (including phenoxy) is 1. The Kier molecular flexibility index (Phi) is 5.32. The molecule has 1 saturated carbocycles. The van der Waals surface area contributed by atoms with Gasteiger partial charge in [0.2, 0.25) is 0 Å². The number of aliphatic hydroxyl groups is 1. The van der Waals surface area contributed by atoms with Crippen molar-refractivity contribution in [3.8, 4) is 0 Å². The molecule has 1 N–H and O–H groups in total. The SMILES string of the molecule is O[C@H]1CN(CCCC2CCCC2)C[C@@H]1N1CCOCC1. The van der Waals surface area contributed by atoms with Crippen molar-refractivity contribution in [1.82, 2.24) is 9.80 Å². The fourth-order valence-electron chi connectivity index (χ4n) is 4.20. The second-order valence-electron chi connectivity index (χ2n) is 6.84. The highest BCUT2D eigenvalue weighted by molar-refractivity contribution is 4.91. The lowest BCUT2D eigenvalue weighted by Gasteiger charge is -2.33. The molecule has 4 nitrogen and oxygen atoms in total. The zero-order valence-corrected chi connectivity index (χ0v) is 12.7. The van der Waals surface area contributed by atoms with Crippen molar-refractivity contribution in [3.05, 3.63) is 0 Å². The van der Waals surface area contributed by atoms with E-state index in [1.165, 1.54) is 45.1 Å². The third kappa shape index (κ3) is 3.73. The van der Waals surface area contributed by atoms with Crippen LogP contribution >= 0.6 is 0 Å². The number of rotatable bonds is 5. The summed E-state index contributed by atoms with van der Waals surface area (Å²) >= 11 is 0. The average molecular weight is 282 g/mol. The summed E-state index contributed by atoms with van der Waals surface area (Å²) in [6, 6.07) is 0.338. The molecule has 20 heavy (non-hydrogen) atoms. The molecule has 4 heteroatoms. The highest BCUT2D eigenvalue weighted by atomic mass is 16.5. The summed E-state index contributed by atoms with van der Waals surface area (Å²) in [4.78, 5) is 4.89. The predicted molar refractivity (Wildman–Crippen MR) is 79.8 cm³/mol. The molecule has 0 unspecified atom stereocenters. The molecule has 2 atom stereocenters. The van der Waals surface area contributed by atoms with Crippen LogP contribution in [0, 0.1) is 5.92 Å². The number of hydrogen-bond acceptors (Lipinski definition) is 4. The van der Waals surface area contributed by atoms with E-state index in [1.54, 1.807) is 0 Å². The highest BCUT2D eigenvalue weighted by Gasteiger charge is 2.35. The number of nitrogens with zero attached hydrogens (tertiary/aromatic N) is 2. The van der Waals surface area contributed by atoms with Gasteiger partial charge in [-0.2, -0.15) is 0 Å². The van der Waals surface area contributed by atoms with Crippen LogP contribution in [-0.4, -0.2) is 73.0 Å². The third-order valence-corrected chi connectivity index (χ3v) is 5.41. The molecule has 116 valence electrons. The van der Waals surface area contributed by atoms with Gasteiger partial charge in [0.05, 0.1) is 19.3 Å². The predicted octanol–water partition coefficient (Wildman–Crippen LogP) is 1.33. The molecular weight excluding hydrogens is 252 g/mol. The second-order valence-corrected chi connectivity index (χ2v) is 6.84. The van der Waals surface area contributed by atoms with E-state index in [1.807, 2.05) is 0 Å². The first-order chi connectivity index (χ1) is 9.83. The quantitative estimate of drug-likeness (QED) is 0.825. The maximum absolute atomic E-state index is 10.3. The summed E-state index contributed by atoms with van der Waals surface area (Å²) in [5.74, 6) is 0.998. The molecule has 3 fully saturated rings. The van der Waals surface area contributed by atoms with E-state index < -0.39 is 0 Å². The Hall–Kier alpha value is -0.160. The Morgan fingerprint density at radius 2 is 1.80 bits per heavy atom. The van der Waals surface area contributed by atoms with Crippen molar-refractivity contribution < 1.29 is 9.84 Å². The number of morpholine rings is 1.